The molecular formula is C63H119NO5. The van der Waals surface area contributed by atoms with E-state index in [9.17, 15) is 19.8 Å². The number of hydrogen-bond acceptors (Lipinski definition) is 5. The molecule has 0 aromatic rings. The van der Waals surface area contributed by atoms with Gasteiger partial charge in [-0.05, 0) is 83.5 Å². The smallest absolute Gasteiger partial charge is 0.305 e. The van der Waals surface area contributed by atoms with Crippen LogP contribution in [0.25, 0.3) is 0 Å². The van der Waals surface area contributed by atoms with Crippen LogP contribution in [0.2, 0.25) is 0 Å². The highest BCUT2D eigenvalue weighted by Gasteiger charge is 2.18. The number of aliphatic hydroxyl groups is 2. The number of nitrogens with one attached hydrogen (secondary N) is 1. The van der Waals surface area contributed by atoms with Crippen molar-refractivity contribution >= 4 is 11.9 Å². The van der Waals surface area contributed by atoms with Crippen LogP contribution < -0.4 is 5.32 Å². The minimum Gasteiger partial charge on any atom is -0.466 e. The zero-order valence-corrected chi connectivity index (χ0v) is 46.3. The van der Waals surface area contributed by atoms with Gasteiger partial charge in [0.05, 0.1) is 25.4 Å². The largest absolute Gasteiger partial charge is 0.466 e. The Morgan fingerprint density at radius 2 is 0.681 bits per heavy atom. The molecule has 2 atom stereocenters. The Labute approximate surface area is 430 Å². The molecule has 0 bridgehead atoms. The van der Waals surface area contributed by atoms with Gasteiger partial charge in [-0.3, -0.25) is 9.59 Å². The van der Waals surface area contributed by atoms with E-state index < -0.39 is 12.1 Å². The molecule has 0 saturated heterocycles. The second-order valence-electron chi connectivity index (χ2n) is 21.0. The van der Waals surface area contributed by atoms with E-state index in [0.717, 1.165) is 44.9 Å². The van der Waals surface area contributed by atoms with E-state index in [-0.39, 0.29) is 18.5 Å². The van der Waals surface area contributed by atoms with Crippen LogP contribution in [-0.4, -0.2) is 47.4 Å². The third kappa shape index (κ3) is 55.2. The number of amides is 1. The van der Waals surface area contributed by atoms with E-state index in [2.05, 4.69) is 43.5 Å². The first-order valence-corrected chi connectivity index (χ1v) is 30.8. The molecule has 1 amide bonds. The summed E-state index contributed by atoms with van der Waals surface area (Å²) in [5.41, 5.74) is 0. The SMILES string of the molecule is CCCCCCC/C=C\CCCCCCCC(=O)OCCCCCCCCCCCCCC/C=C\CCCCCCCCCCCCCCC(=O)NC(CO)C(O)/C=C/CCCCCCCCCC. The van der Waals surface area contributed by atoms with E-state index in [1.54, 1.807) is 6.08 Å². The molecule has 6 heteroatoms. The lowest BCUT2D eigenvalue weighted by Crippen LogP contribution is -2.45. The Morgan fingerprint density at radius 3 is 1.03 bits per heavy atom. The monoisotopic (exact) mass is 970 g/mol. The zero-order valence-electron chi connectivity index (χ0n) is 46.3. The minimum absolute atomic E-state index is 0.00668. The Bertz CT molecular complexity index is 1120. The second-order valence-corrected chi connectivity index (χ2v) is 21.0. The second kappa shape index (κ2) is 58.6. The molecular weight excluding hydrogens is 851 g/mol. The van der Waals surface area contributed by atoms with Crippen LogP contribution in [-0.2, 0) is 14.3 Å². The summed E-state index contributed by atoms with van der Waals surface area (Å²) >= 11 is 0. The van der Waals surface area contributed by atoms with Crippen LogP contribution >= 0.6 is 0 Å². The number of esters is 1. The lowest BCUT2D eigenvalue weighted by Gasteiger charge is -2.20. The highest BCUT2D eigenvalue weighted by Crippen LogP contribution is 2.17. The van der Waals surface area contributed by atoms with Gasteiger partial charge in [0.25, 0.3) is 0 Å². The molecule has 0 heterocycles. The molecule has 0 aromatic carbocycles. The van der Waals surface area contributed by atoms with E-state index >= 15 is 0 Å². The van der Waals surface area contributed by atoms with Crippen LogP contribution in [0.3, 0.4) is 0 Å². The van der Waals surface area contributed by atoms with Crippen molar-refractivity contribution in [2.24, 2.45) is 0 Å². The zero-order chi connectivity index (χ0) is 50.0. The molecule has 0 aromatic heterocycles. The first-order valence-electron chi connectivity index (χ1n) is 30.8. The van der Waals surface area contributed by atoms with Gasteiger partial charge in [-0.1, -0.05) is 269 Å². The van der Waals surface area contributed by atoms with Gasteiger partial charge in [0.15, 0.2) is 0 Å². The Balaban J connectivity index is 3.37. The third-order valence-electron chi connectivity index (χ3n) is 14.1. The predicted octanol–water partition coefficient (Wildman–Crippen LogP) is 19.2. The van der Waals surface area contributed by atoms with Crippen LogP contribution in [0, 0.1) is 0 Å². The maximum Gasteiger partial charge on any atom is 0.305 e. The molecule has 0 spiro atoms. The summed E-state index contributed by atoms with van der Waals surface area (Å²) < 4.78 is 5.48. The fourth-order valence-electron chi connectivity index (χ4n) is 9.39. The third-order valence-corrected chi connectivity index (χ3v) is 14.1. The van der Waals surface area contributed by atoms with Gasteiger partial charge >= 0.3 is 5.97 Å². The summed E-state index contributed by atoms with van der Waals surface area (Å²) in [6.07, 6.45) is 73.4. The van der Waals surface area contributed by atoms with Crippen molar-refractivity contribution in [3.05, 3.63) is 36.5 Å². The summed E-state index contributed by atoms with van der Waals surface area (Å²) in [4.78, 5) is 24.4. The molecule has 0 fully saturated rings. The first kappa shape index (κ1) is 67.1. The molecule has 69 heavy (non-hydrogen) atoms. The van der Waals surface area contributed by atoms with Crippen LogP contribution in [0.5, 0.6) is 0 Å². The maximum absolute atomic E-state index is 12.4. The van der Waals surface area contributed by atoms with Crippen molar-refractivity contribution in [2.45, 2.75) is 341 Å². The van der Waals surface area contributed by atoms with E-state index in [1.807, 2.05) is 6.08 Å². The highest BCUT2D eigenvalue weighted by atomic mass is 16.5. The number of rotatable bonds is 57. The molecule has 3 N–H and O–H groups in total. The molecule has 0 radical (unpaired) electrons. The molecule has 0 saturated carbocycles. The number of ether oxygens (including phenoxy) is 1. The summed E-state index contributed by atoms with van der Waals surface area (Å²) in [6, 6.07) is -0.626. The fraction of sp³-hybridized carbons (Fsp3) is 0.873. The van der Waals surface area contributed by atoms with Crippen molar-refractivity contribution in [3.63, 3.8) is 0 Å². The van der Waals surface area contributed by atoms with E-state index in [1.165, 1.54) is 257 Å². The summed E-state index contributed by atoms with van der Waals surface area (Å²) in [6.45, 7) is 4.88. The quantitative estimate of drug-likeness (QED) is 0.0321. The Morgan fingerprint density at radius 1 is 0.391 bits per heavy atom. The average molecular weight is 971 g/mol. The lowest BCUT2D eigenvalue weighted by molar-refractivity contribution is -0.143. The molecule has 2 unspecified atom stereocenters. The molecule has 0 aliphatic heterocycles. The standard InChI is InChI=1S/C63H119NO5/c1-3-5-7-9-11-13-15-16-34-37-41-45-49-53-57-63(68)69-58-54-50-46-42-38-35-32-30-28-26-24-22-20-18-17-19-21-23-25-27-29-31-33-36-40-44-48-52-56-62(67)64-60(59-65)61(66)55-51-47-43-39-14-12-10-8-6-4-2/h15-18,51,55,60-61,65-66H,3-14,19-50,52-54,56-59H2,1-2H3,(H,64,67)/b16-15-,18-17-,55-51+. The normalized spacial score (nSPS) is 12.8. The molecule has 0 aliphatic rings. The van der Waals surface area contributed by atoms with Crippen LogP contribution in [0.4, 0.5) is 0 Å². The number of carbonyl (C=O) groups is 2. The number of allylic oxidation sites excluding steroid dienone is 5. The van der Waals surface area contributed by atoms with Gasteiger partial charge in [-0.2, -0.15) is 0 Å². The van der Waals surface area contributed by atoms with Crippen molar-refractivity contribution < 1.29 is 24.5 Å². The van der Waals surface area contributed by atoms with Crippen LogP contribution in [0.15, 0.2) is 36.5 Å². The summed E-state index contributed by atoms with van der Waals surface area (Å²) in [5, 5.41) is 23.0. The fourth-order valence-corrected chi connectivity index (χ4v) is 9.39. The number of aliphatic hydroxyl groups excluding tert-OH is 2. The van der Waals surface area contributed by atoms with Crippen LogP contribution in [0.1, 0.15) is 328 Å². The van der Waals surface area contributed by atoms with Gasteiger partial charge < -0.3 is 20.3 Å². The number of hydrogen-bond donors (Lipinski definition) is 3. The van der Waals surface area contributed by atoms with Crippen molar-refractivity contribution in [3.8, 4) is 0 Å². The van der Waals surface area contributed by atoms with Crippen molar-refractivity contribution in [2.75, 3.05) is 13.2 Å². The molecule has 6 nitrogen and oxygen atoms in total. The van der Waals surface area contributed by atoms with Gasteiger partial charge in [0, 0.05) is 12.8 Å². The van der Waals surface area contributed by atoms with Gasteiger partial charge in [0.2, 0.25) is 5.91 Å². The van der Waals surface area contributed by atoms with Crippen molar-refractivity contribution in [1.82, 2.24) is 5.32 Å². The molecule has 0 rings (SSSR count). The van der Waals surface area contributed by atoms with Crippen molar-refractivity contribution in [1.29, 1.82) is 0 Å². The average Bonchev–Trinajstić information content (AvgIpc) is 3.35. The van der Waals surface area contributed by atoms with E-state index in [0.29, 0.717) is 19.4 Å². The predicted molar refractivity (Wildman–Crippen MR) is 301 cm³/mol. The van der Waals surface area contributed by atoms with Gasteiger partial charge in [0.1, 0.15) is 0 Å². The summed E-state index contributed by atoms with van der Waals surface area (Å²) in [7, 11) is 0. The highest BCUT2D eigenvalue weighted by molar-refractivity contribution is 5.76. The molecule has 0 aliphatic carbocycles. The topological polar surface area (TPSA) is 95.9 Å². The van der Waals surface area contributed by atoms with Gasteiger partial charge in [-0.15, -0.1) is 0 Å². The number of unbranched alkanes of at least 4 members (excludes halogenated alkanes) is 42. The first-order chi connectivity index (χ1) is 34.0. The Kier molecular flexibility index (Phi) is 57.0. The minimum atomic E-state index is -0.842. The Hall–Kier alpha value is -1.92. The summed E-state index contributed by atoms with van der Waals surface area (Å²) in [5.74, 6) is -0.0628. The van der Waals surface area contributed by atoms with Gasteiger partial charge in [-0.25, -0.2) is 0 Å². The molecule has 406 valence electrons. The van der Waals surface area contributed by atoms with E-state index in [4.69, 9.17) is 4.74 Å². The maximum atomic E-state index is 12.4. The number of carbonyl (C=O) groups excluding carboxylic acids is 2. The lowest BCUT2D eigenvalue weighted by atomic mass is 10.0.